The van der Waals surface area contributed by atoms with E-state index in [-0.39, 0.29) is 23.9 Å². The van der Waals surface area contributed by atoms with Crippen LogP contribution in [0.4, 0.5) is 4.79 Å². The van der Waals surface area contributed by atoms with E-state index in [2.05, 4.69) is 10.2 Å². The molecular formula is C21H34N4O3. The quantitative estimate of drug-likeness (QED) is 0.780. The summed E-state index contributed by atoms with van der Waals surface area (Å²) in [6.07, 6.45) is 5.59. The normalized spacial score (nSPS) is 31.0. The topological polar surface area (TPSA) is 73.0 Å². The van der Waals surface area contributed by atoms with Crippen molar-refractivity contribution < 1.29 is 14.4 Å². The summed E-state index contributed by atoms with van der Waals surface area (Å²) in [6.45, 7) is 7.62. The summed E-state index contributed by atoms with van der Waals surface area (Å²) >= 11 is 0. The molecule has 2 bridgehead atoms. The number of hydrogen-bond donors (Lipinski definition) is 1. The molecule has 7 heteroatoms. The smallest absolute Gasteiger partial charge is 0.320 e. The van der Waals surface area contributed by atoms with E-state index in [9.17, 15) is 14.4 Å². The Hall–Kier alpha value is -1.79. The van der Waals surface area contributed by atoms with Gasteiger partial charge in [0.05, 0.1) is 0 Å². The third-order valence-corrected chi connectivity index (χ3v) is 7.09. The van der Waals surface area contributed by atoms with Gasteiger partial charge in [-0.25, -0.2) is 4.79 Å². The van der Waals surface area contributed by atoms with E-state index in [0.29, 0.717) is 43.3 Å². The molecule has 0 aromatic heterocycles. The maximum absolute atomic E-state index is 13.1. The summed E-state index contributed by atoms with van der Waals surface area (Å²) in [6, 6.07) is 0.672. The number of carbonyl (C=O) groups is 3. The highest BCUT2D eigenvalue weighted by Crippen LogP contribution is 2.38. The van der Waals surface area contributed by atoms with E-state index in [1.807, 2.05) is 23.6 Å². The van der Waals surface area contributed by atoms with Crippen molar-refractivity contribution in [1.82, 2.24) is 20.0 Å². The Morgan fingerprint density at radius 2 is 1.79 bits per heavy atom. The fourth-order valence-corrected chi connectivity index (χ4v) is 5.55. The van der Waals surface area contributed by atoms with Gasteiger partial charge in [-0.3, -0.25) is 9.59 Å². The number of nitrogens with one attached hydrogen (secondary N) is 1. The van der Waals surface area contributed by atoms with E-state index >= 15 is 0 Å². The first-order valence-electron chi connectivity index (χ1n) is 11.1. The summed E-state index contributed by atoms with van der Waals surface area (Å²) < 4.78 is 0. The fourth-order valence-electron chi connectivity index (χ4n) is 5.55. The Labute approximate surface area is 167 Å². The van der Waals surface area contributed by atoms with Gasteiger partial charge in [0.2, 0.25) is 11.8 Å². The van der Waals surface area contributed by atoms with E-state index in [0.717, 1.165) is 51.7 Å². The molecule has 1 N–H and O–H groups in total. The van der Waals surface area contributed by atoms with Gasteiger partial charge in [-0.15, -0.1) is 0 Å². The van der Waals surface area contributed by atoms with E-state index in [1.165, 1.54) is 0 Å². The zero-order valence-corrected chi connectivity index (χ0v) is 17.2. The Morgan fingerprint density at radius 3 is 2.50 bits per heavy atom. The van der Waals surface area contributed by atoms with Crippen molar-refractivity contribution in [1.29, 1.82) is 0 Å². The molecular weight excluding hydrogens is 356 g/mol. The second-order valence-electron chi connectivity index (χ2n) is 9.48. The van der Waals surface area contributed by atoms with Gasteiger partial charge in [-0.05, 0) is 43.9 Å². The Morgan fingerprint density at radius 1 is 1.04 bits per heavy atom. The van der Waals surface area contributed by atoms with E-state index in [1.54, 1.807) is 0 Å². The van der Waals surface area contributed by atoms with Gasteiger partial charge < -0.3 is 20.0 Å². The zero-order chi connectivity index (χ0) is 19.8. The lowest BCUT2D eigenvalue weighted by molar-refractivity contribution is -0.144. The first kappa shape index (κ1) is 19.5. The first-order chi connectivity index (χ1) is 13.4. The number of fused-ring (bicyclic) bond motifs is 4. The number of likely N-dealkylation sites (tertiary alicyclic amines) is 2. The van der Waals surface area contributed by atoms with Crippen molar-refractivity contribution in [2.45, 2.75) is 64.5 Å². The van der Waals surface area contributed by atoms with Crippen LogP contribution < -0.4 is 5.32 Å². The highest BCUT2D eigenvalue weighted by Gasteiger charge is 2.45. The van der Waals surface area contributed by atoms with Gasteiger partial charge in [0, 0.05) is 57.1 Å². The van der Waals surface area contributed by atoms with Crippen molar-refractivity contribution >= 4 is 17.8 Å². The van der Waals surface area contributed by atoms with Crippen LogP contribution in [0.15, 0.2) is 0 Å². The van der Waals surface area contributed by atoms with Crippen LogP contribution in [-0.4, -0.2) is 77.4 Å². The lowest BCUT2D eigenvalue weighted by Gasteiger charge is -2.53. The maximum atomic E-state index is 13.1. The number of hydrogen-bond acceptors (Lipinski definition) is 3. The van der Waals surface area contributed by atoms with Crippen LogP contribution in [0, 0.1) is 17.8 Å². The molecule has 4 aliphatic heterocycles. The van der Waals surface area contributed by atoms with Crippen LogP contribution in [0.1, 0.15) is 52.4 Å². The third-order valence-electron chi connectivity index (χ3n) is 7.09. The summed E-state index contributed by atoms with van der Waals surface area (Å²) in [5.41, 5.74) is 0. The van der Waals surface area contributed by atoms with Gasteiger partial charge >= 0.3 is 6.03 Å². The van der Waals surface area contributed by atoms with Crippen LogP contribution in [0.3, 0.4) is 0 Å². The lowest BCUT2D eigenvalue weighted by Crippen LogP contribution is -2.62. The molecule has 156 valence electrons. The maximum Gasteiger partial charge on any atom is 0.320 e. The van der Waals surface area contributed by atoms with E-state index < -0.39 is 0 Å². The molecule has 4 aliphatic rings. The van der Waals surface area contributed by atoms with Gasteiger partial charge in [-0.1, -0.05) is 13.8 Å². The average Bonchev–Trinajstić information content (AvgIpc) is 2.68. The number of amides is 4. The predicted octanol–water partition coefficient (Wildman–Crippen LogP) is 1.68. The number of urea groups is 1. The van der Waals surface area contributed by atoms with Crippen LogP contribution in [-0.2, 0) is 9.59 Å². The summed E-state index contributed by atoms with van der Waals surface area (Å²) in [7, 11) is 0. The molecule has 28 heavy (non-hydrogen) atoms. The number of nitrogens with zero attached hydrogens (tertiary/aromatic N) is 3. The van der Waals surface area contributed by atoms with Gasteiger partial charge in [0.25, 0.3) is 0 Å². The fraction of sp³-hybridized carbons (Fsp3) is 0.857. The summed E-state index contributed by atoms with van der Waals surface area (Å²) in [5.74, 6) is 1.27. The molecule has 0 aromatic rings. The standard InChI is InChI=1S/C21H34N4O3/c1-14(2)20(27)22-17-6-8-23(9-7-17)21(28)24-11-15-10-16(13-24)18-4-3-5-19(26)25(18)12-15/h14-18H,3-13H2,1-2H3,(H,22,27)/t15?,16?,18-/m1/s1. The molecule has 4 saturated heterocycles. The Kier molecular flexibility index (Phi) is 5.52. The lowest BCUT2D eigenvalue weighted by atomic mass is 9.76. The Balaban J connectivity index is 1.32. The molecule has 2 unspecified atom stereocenters. The van der Waals surface area contributed by atoms with Gasteiger partial charge in [0.1, 0.15) is 0 Å². The van der Waals surface area contributed by atoms with Gasteiger partial charge in [0.15, 0.2) is 0 Å². The monoisotopic (exact) mass is 390 g/mol. The minimum absolute atomic E-state index is 0.00124. The van der Waals surface area contributed by atoms with Crippen molar-refractivity contribution in [2.24, 2.45) is 17.8 Å². The molecule has 0 radical (unpaired) electrons. The first-order valence-corrected chi connectivity index (χ1v) is 11.1. The molecule has 3 atom stereocenters. The third kappa shape index (κ3) is 3.85. The predicted molar refractivity (Wildman–Crippen MR) is 105 cm³/mol. The highest BCUT2D eigenvalue weighted by molar-refractivity contribution is 5.79. The van der Waals surface area contributed by atoms with Crippen LogP contribution >= 0.6 is 0 Å². The molecule has 4 fully saturated rings. The molecule has 4 heterocycles. The highest BCUT2D eigenvalue weighted by atomic mass is 16.2. The average molecular weight is 391 g/mol. The van der Waals surface area contributed by atoms with Crippen molar-refractivity contribution in [2.75, 3.05) is 32.7 Å². The number of rotatable bonds is 2. The molecule has 0 aliphatic carbocycles. The van der Waals surface area contributed by atoms with Crippen LogP contribution in [0.2, 0.25) is 0 Å². The summed E-state index contributed by atoms with van der Waals surface area (Å²) in [5, 5.41) is 3.10. The number of carbonyl (C=O) groups excluding carboxylic acids is 3. The van der Waals surface area contributed by atoms with Crippen LogP contribution in [0.5, 0.6) is 0 Å². The molecule has 0 spiro atoms. The van der Waals surface area contributed by atoms with Crippen LogP contribution in [0.25, 0.3) is 0 Å². The van der Waals surface area contributed by atoms with Crippen molar-refractivity contribution in [3.8, 4) is 0 Å². The Bertz CT molecular complexity index is 629. The second-order valence-corrected chi connectivity index (χ2v) is 9.48. The molecule has 0 saturated carbocycles. The van der Waals surface area contributed by atoms with Gasteiger partial charge in [-0.2, -0.15) is 0 Å². The molecule has 4 rings (SSSR count). The summed E-state index contributed by atoms with van der Waals surface area (Å²) in [4.78, 5) is 43.4. The second kappa shape index (κ2) is 7.91. The largest absolute Gasteiger partial charge is 0.353 e. The zero-order valence-electron chi connectivity index (χ0n) is 17.2. The van der Waals surface area contributed by atoms with Crippen molar-refractivity contribution in [3.63, 3.8) is 0 Å². The van der Waals surface area contributed by atoms with E-state index in [4.69, 9.17) is 0 Å². The molecule has 4 amide bonds. The number of piperidine rings is 4. The minimum Gasteiger partial charge on any atom is -0.353 e. The molecule has 7 nitrogen and oxygen atoms in total. The minimum atomic E-state index is -0.00124. The molecule has 0 aromatic carbocycles. The van der Waals surface area contributed by atoms with Crippen molar-refractivity contribution in [3.05, 3.63) is 0 Å². The SMILES string of the molecule is CC(C)C(=O)NC1CCN(C(=O)N2CC3CC(C2)[C@H]2CCCC(=O)N2C3)CC1.